The van der Waals surface area contributed by atoms with Crippen LogP contribution in [0.15, 0.2) is 72.8 Å². The van der Waals surface area contributed by atoms with Crippen molar-refractivity contribution < 1.29 is 14.0 Å². The fourth-order valence-corrected chi connectivity index (χ4v) is 3.88. The number of amides is 2. The largest absolute Gasteiger partial charge is 0.327 e. The summed E-state index contributed by atoms with van der Waals surface area (Å²) in [6.07, 6.45) is 0.962. The van der Waals surface area contributed by atoms with Gasteiger partial charge in [0.05, 0.1) is 12.5 Å². The summed E-state index contributed by atoms with van der Waals surface area (Å²) < 4.78 is 13.5. The van der Waals surface area contributed by atoms with Crippen molar-refractivity contribution in [2.45, 2.75) is 32.4 Å². The quantitative estimate of drug-likeness (QED) is 0.623. The van der Waals surface area contributed by atoms with Crippen molar-refractivity contribution in [3.05, 3.63) is 101 Å². The molecule has 4 nitrogen and oxygen atoms in total. The lowest BCUT2D eigenvalue weighted by molar-refractivity contribution is -0.117. The first kappa shape index (κ1) is 19.8. The van der Waals surface area contributed by atoms with E-state index in [1.54, 1.807) is 23.1 Å². The second kappa shape index (κ2) is 8.49. The number of benzene rings is 3. The Kier molecular flexibility index (Phi) is 5.61. The molecule has 1 atom stereocenters. The van der Waals surface area contributed by atoms with Crippen LogP contribution in [0.1, 0.15) is 46.4 Å². The lowest BCUT2D eigenvalue weighted by Gasteiger charge is -2.28. The summed E-state index contributed by atoms with van der Waals surface area (Å²) in [6.45, 7) is 2.48. The number of rotatable bonds is 6. The molecular weight excluding hydrogens is 379 g/mol. The second-order valence-electron chi connectivity index (χ2n) is 7.46. The molecule has 0 saturated carbocycles. The maximum atomic E-state index is 13.5. The number of carbonyl (C=O) groups is 2. The highest BCUT2D eigenvalue weighted by atomic mass is 19.1. The highest BCUT2D eigenvalue weighted by Crippen LogP contribution is 2.33. The van der Waals surface area contributed by atoms with E-state index < -0.39 is 6.04 Å². The molecule has 1 heterocycles. The lowest BCUT2D eigenvalue weighted by atomic mass is 10.0. The van der Waals surface area contributed by atoms with Gasteiger partial charge in [0.1, 0.15) is 5.82 Å². The van der Waals surface area contributed by atoms with E-state index in [0.717, 1.165) is 28.8 Å². The van der Waals surface area contributed by atoms with Crippen LogP contribution in [0.4, 0.5) is 10.1 Å². The third kappa shape index (κ3) is 4.10. The van der Waals surface area contributed by atoms with E-state index in [1.165, 1.54) is 12.1 Å². The van der Waals surface area contributed by atoms with Crippen LogP contribution >= 0.6 is 0 Å². The van der Waals surface area contributed by atoms with Gasteiger partial charge in [-0.05, 0) is 53.4 Å². The van der Waals surface area contributed by atoms with Crippen molar-refractivity contribution in [3.63, 3.8) is 0 Å². The molecule has 30 heavy (non-hydrogen) atoms. The minimum Gasteiger partial charge on any atom is -0.327 e. The van der Waals surface area contributed by atoms with Crippen LogP contribution in [0.5, 0.6) is 0 Å². The summed E-state index contributed by atoms with van der Waals surface area (Å²) >= 11 is 0. The van der Waals surface area contributed by atoms with Crippen molar-refractivity contribution in [3.8, 4) is 0 Å². The molecule has 2 amide bonds. The molecule has 0 aliphatic carbocycles. The molecule has 152 valence electrons. The fraction of sp³-hybridized carbons (Fsp3) is 0.200. The summed E-state index contributed by atoms with van der Waals surface area (Å²) in [5.74, 6) is -0.656. The maximum Gasteiger partial charge on any atom is 0.255 e. The van der Waals surface area contributed by atoms with Crippen LogP contribution in [0.3, 0.4) is 0 Å². The Morgan fingerprint density at radius 3 is 2.57 bits per heavy atom. The Balaban J connectivity index is 1.59. The van der Waals surface area contributed by atoms with Crippen LogP contribution in [0.25, 0.3) is 0 Å². The predicted octanol–water partition coefficient (Wildman–Crippen LogP) is 5.11. The van der Waals surface area contributed by atoms with Crippen molar-refractivity contribution in [2.24, 2.45) is 0 Å². The van der Waals surface area contributed by atoms with E-state index in [-0.39, 0.29) is 24.1 Å². The number of hydrogen-bond donors (Lipinski definition) is 1. The Labute approximate surface area is 175 Å². The van der Waals surface area contributed by atoms with E-state index in [2.05, 4.69) is 12.2 Å². The van der Waals surface area contributed by atoms with Crippen LogP contribution in [-0.2, 0) is 17.8 Å². The molecule has 1 unspecified atom stereocenters. The standard InChI is InChI=1S/C25H23FN2O2/c1-2-17-6-5-8-21(14-17)27-24(29)15-23(18-10-12-20(26)13-11-18)28-16-19-7-3-4-9-22(19)25(28)30/h3-14,23H,2,15-16H2,1H3,(H,27,29). The normalized spacial score (nSPS) is 13.8. The molecule has 0 bridgehead atoms. The molecule has 1 aliphatic rings. The van der Waals surface area contributed by atoms with Gasteiger partial charge in [-0.25, -0.2) is 4.39 Å². The molecule has 0 fully saturated rings. The van der Waals surface area contributed by atoms with E-state index >= 15 is 0 Å². The van der Waals surface area contributed by atoms with Gasteiger partial charge in [0, 0.05) is 17.8 Å². The first-order valence-corrected chi connectivity index (χ1v) is 10.1. The van der Waals surface area contributed by atoms with Gasteiger partial charge < -0.3 is 10.2 Å². The molecule has 5 heteroatoms. The number of carbonyl (C=O) groups excluding carboxylic acids is 2. The van der Waals surface area contributed by atoms with E-state index in [9.17, 15) is 14.0 Å². The van der Waals surface area contributed by atoms with E-state index in [0.29, 0.717) is 12.1 Å². The number of nitrogens with one attached hydrogen (secondary N) is 1. The molecule has 3 aromatic rings. The summed E-state index contributed by atoms with van der Waals surface area (Å²) in [5.41, 5.74) is 4.18. The van der Waals surface area contributed by atoms with Gasteiger partial charge in [-0.3, -0.25) is 9.59 Å². The molecule has 3 aromatic carbocycles. The molecule has 4 rings (SSSR count). The van der Waals surface area contributed by atoms with Gasteiger partial charge in [-0.15, -0.1) is 0 Å². The number of fused-ring (bicyclic) bond motifs is 1. The Morgan fingerprint density at radius 1 is 1.07 bits per heavy atom. The average molecular weight is 402 g/mol. The summed E-state index contributed by atoms with van der Waals surface area (Å²) in [5, 5.41) is 2.94. The Morgan fingerprint density at radius 2 is 1.83 bits per heavy atom. The van der Waals surface area contributed by atoms with Crippen LogP contribution in [0, 0.1) is 5.82 Å². The molecule has 0 saturated heterocycles. The van der Waals surface area contributed by atoms with Gasteiger partial charge in [0.15, 0.2) is 0 Å². The Bertz CT molecular complexity index is 1080. The highest BCUT2D eigenvalue weighted by Gasteiger charge is 2.34. The predicted molar refractivity (Wildman–Crippen MR) is 115 cm³/mol. The fourth-order valence-electron chi connectivity index (χ4n) is 3.88. The van der Waals surface area contributed by atoms with Gasteiger partial charge in [-0.1, -0.05) is 49.4 Å². The third-order valence-corrected chi connectivity index (χ3v) is 5.48. The molecule has 0 spiro atoms. The molecule has 0 radical (unpaired) electrons. The molecular formula is C25H23FN2O2. The summed E-state index contributed by atoms with van der Waals surface area (Å²) in [4.78, 5) is 27.6. The number of aryl methyl sites for hydroxylation is 1. The van der Waals surface area contributed by atoms with Gasteiger partial charge in [0.25, 0.3) is 5.91 Å². The first-order valence-electron chi connectivity index (χ1n) is 10.1. The smallest absolute Gasteiger partial charge is 0.255 e. The number of halogens is 1. The third-order valence-electron chi connectivity index (χ3n) is 5.48. The summed E-state index contributed by atoms with van der Waals surface area (Å²) in [6, 6.07) is 20.7. The SMILES string of the molecule is CCc1cccc(NC(=O)CC(c2ccc(F)cc2)N2Cc3ccccc3C2=O)c1. The zero-order chi connectivity index (χ0) is 21.1. The van der Waals surface area contributed by atoms with Gasteiger partial charge >= 0.3 is 0 Å². The zero-order valence-corrected chi connectivity index (χ0v) is 16.8. The number of hydrogen-bond acceptors (Lipinski definition) is 2. The van der Waals surface area contributed by atoms with Crippen molar-refractivity contribution in [2.75, 3.05) is 5.32 Å². The minimum absolute atomic E-state index is 0.0850. The van der Waals surface area contributed by atoms with Crippen LogP contribution in [-0.4, -0.2) is 16.7 Å². The second-order valence-corrected chi connectivity index (χ2v) is 7.46. The topological polar surface area (TPSA) is 49.4 Å². The van der Waals surface area contributed by atoms with Crippen LogP contribution in [0.2, 0.25) is 0 Å². The van der Waals surface area contributed by atoms with Gasteiger partial charge in [0.2, 0.25) is 5.91 Å². The van der Waals surface area contributed by atoms with Gasteiger partial charge in [-0.2, -0.15) is 0 Å². The average Bonchev–Trinajstić information content (AvgIpc) is 3.09. The molecule has 0 aromatic heterocycles. The minimum atomic E-state index is -0.486. The zero-order valence-electron chi connectivity index (χ0n) is 16.8. The maximum absolute atomic E-state index is 13.5. The highest BCUT2D eigenvalue weighted by molar-refractivity contribution is 5.99. The number of nitrogens with zero attached hydrogens (tertiary/aromatic N) is 1. The Hall–Kier alpha value is -3.47. The molecule has 1 N–H and O–H groups in total. The van der Waals surface area contributed by atoms with E-state index in [4.69, 9.17) is 0 Å². The molecule has 1 aliphatic heterocycles. The number of anilines is 1. The van der Waals surface area contributed by atoms with Crippen LogP contribution < -0.4 is 5.32 Å². The van der Waals surface area contributed by atoms with Crippen molar-refractivity contribution >= 4 is 17.5 Å². The lowest BCUT2D eigenvalue weighted by Crippen LogP contribution is -2.32. The first-order chi connectivity index (χ1) is 14.5. The van der Waals surface area contributed by atoms with E-state index in [1.807, 2.05) is 42.5 Å². The summed E-state index contributed by atoms with van der Waals surface area (Å²) in [7, 11) is 0. The van der Waals surface area contributed by atoms with Crippen molar-refractivity contribution in [1.29, 1.82) is 0 Å². The van der Waals surface area contributed by atoms with Crippen molar-refractivity contribution in [1.82, 2.24) is 4.90 Å². The monoisotopic (exact) mass is 402 g/mol.